The molecule has 18 heavy (non-hydrogen) atoms. The van der Waals surface area contributed by atoms with E-state index >= 15 is 0 Å². The molecule has 0 aromatic heterocycles. The molecule has 100 valence electrons. The van der Waals surface area contributed by atoms with E-state index in [1.165, 1.54) is 0 Å². The molecule has 0 amide bonds. The lowest BCUT2D eigenvalue weighted by Crippen LogP contribution is -2.43. The molecule has 2 rings (SSSR count). The molecule has 1 heterocycles. The highest BCUT2D eigenvalue weighted by Crippen LogP contribution is 2.25. The van der Waals surface area contributed by atoms with E-state index in [9.17, 15) is 8.78 Å². The zero-order chi connectivity index (χ0) is 13.0. The fourth-order valence-corrected chi connectivity index (χ4v) is 2.07. The third-order valence-corrected chi connectivity index (χ3v) is 3.01. The molecule has 1 fully saturated rings. The summed E-state index contributed by atoms with van der Waals surface area (Å²) in [5.74, 6) is 0.536. The third kappa shape index (κ3) is 3.32. The fraction of sp³-hybridized carbons (Fsp3) is 0.538. The van der Waals surface area contributed by atoms with E-state index in [0.29, 0.717) is 5.75 Å². The van der Waals surface area contributed by atoms with Crippen molar-refractivity contribution < 1.29 is 13.5 Å². The number of benzene rings is 1. The molecular formula is C13H18F2N2O. The summed E-state index contributed by atoms with van der Waals surface area (Å²) in [6.45, 7) is 5.22. The molecule has 1 aromatic rings. The highest BCUT2D eigenvalue weighted by atomic mass is 19.3. The topological polar surface area (TPSA) is 24.5 Å². The number of nitrogens with one attached hydrogen (secondary N) is 1. The standard InChI is InChI=1S/C13H18F2N2O/c1-10-8-11(17-6-4-16-5-7-17)2-3-12(10)18-9-13(14)15/h2-3,8,13,16H,4-7,9H2,1H3. The second-order valence-electron chi connectivity index (χ2n) is 4.39. The van der Waals surface area contributed by atoms with E-state index < -0.39 is 13.0 Å². The molecule has 0 unspecified atom stereocenters. The lowest BCUT2D eigenvalue weighted by molar-refractivity contribution is 0.0816. The van der Waals surface area contributed by atoms with Crippen molar-refractivity contribution >= 4 is 5.69 Å². The van der Waals surface area contributed by atoms with Gasteiger partial charge in [0, 0.05) is 31.9 Å². The summed E-state index contributed by atoms with van der Waals surface area (Å²) in [6.07, 6.45) is -2.43. The Bertz CT molecular complexity index is 393. The molecule has 0 radical (unpaired) electrons. The summed E-state index contributed by atoms with van der Waals surface area (Å²) in [5, 5.41) is 3.29. The number of alkyl halides is 2. The minimum absolute atomic E-state index is 0.536. The maximum Gasteiger partial charge on any atom is 0.272 e. The molecule has 1 N–H and O–H groups in total. The number of hydrogen-bond acceptors (Lipinski definition) is 3. The lowest BCUT2D eigenvalue weighted by atomic mass is 10.1. The molecule has 1 aromatic carbocycles. The van der Waals surface area contributed by atoms with Crippen LogP contribution in [0.25, 0.3) is 0 Å². The first-order chi connectivity index (χ1) is 8.66. The summed E-state index contributed by atoms with van der Waals surface area (Å²) >= 11 is 0. The Morgan fingerprint density at radius 3 is 2.67 bits per heavy atom. The van der Waals surface area contributed by atoms with Crippen molar-refractivity contribution in [3.05, 3.63) is 23.8 Å². The van der Waals surface area contributed by atoms with Crippen molar-refractivity contribution in [3.8, 4) is 5.75 Å². The first-order valence-corrected chi connectivity index (χ1v) is 6.14. The van der Waals surface area contributed by atoms with E-state index in [0.717, 1.165) is 37.4 Å². The Hall–Kier alpha value is -1.36. The van der Waals surface area contributed by atoms with E-state index in [2.05, 4.69) is 10.2 Å². The Morgan fingerprint density at radius 1 is 1.33 bits per heavy atom. The number of ether oxygens (including phenoxy) is 1. The highest BCUT2D eigenvalue weighted by Gasteiger charge is 2.12. The maximum absolute atomic E-state index is 12.1. The molecular weight excluding hydrogens is 238 g/mol. The Kier molecular flexibility index (Phi) is 4.36. The minimum atomic E-state index is -2.43. The Labute approximate surface area is 106 Å². The summed E-state index contributed by atoms with van der Waals surface area (Å²) in [7, 11) is 0. The number of aryl methyl sites for hydroxylation is 1. The van der Waals surface area contributed by atoms with Gasteiger partial charge in [0.15, 0.2) is 0 Å². The molecule has 0 aliphatic carbocycles. The van der Waals surface area contributed by atoms with Crippen molar-refractivity contribution in [1.82, 2.24) is 5.32 Å². The van der Waals surface area contributed by atoms with Gasteiger partial charge < -0.3 is 15.0 Å². The molecule has 0 spiro atoms. The summed E-state index contributed by atoms with van der Waals surface area (Å²) < 4.78 is 29.2. The predicted molar refractivity (Wildman–Crippen MR) is 67.8 cm³/mol. The number of anilines is 1. The van der Waals surface area contributed by atoms with Crippen LogP contribution in [-0.2, 0) is 0 Å². The average molecular weight is 256 g/mol. The van der Waals surface area contributed by atoms with Crippen molar-refractivity contribution in [2.24, 2.45) is 0 Å². The van der Waals surface area contributed by atoms with Crippen LogP contribution < -0.4 is 15.0 Å². The van der Waals surface area contributed by atoms with Crippen LogP contribution in [-0.4, -0.2) is 39.2 Å². The van der Waals surface area contributed by atoms with Gasteiger partial charge in [0.25, 0.3) is 6.43 Å². The highest BCUT2D eigenvalue weighted by molar-refractivity contribution is 5.53. The maximum atomic E-state index is 12.1. The van der Waals surface area contributed by atoms with Gasteiger partial charge in [-0.25, -0.2) is 8.78 Å². The van der Waals surface area contributed by atoms with Crippen molar-refractivity contribution in [2.45, 2.75) is 13.3 Å². The molecule has 1 saturated heterocycles. The van der Waals surface area contributed by atoms with Gasteiger partial charge >= 0.3 is 0 Å². The quantitative estimate of drug-likeness (QED) is 0.892. The third-order valence-electron chi connectivity index (χ3n) is 3.01. The molecule has 0 atom stereocenters. The number of rotatable bonds is 4. The van der Waals surface area contributed by atoms with E-state index in [1.54, 1.807) is 6.07 Å². The second kappa shape index (κ2) is 6.00. The van der Waals surface area contributed by atoms with Gasteiger partial charge in [0.2, 0.25) is 0 Å². The SMILES string of the molecule is Cc1cc(N2CCNCC2)ccc1OCC(F)F. The number of nitrogens with zero attached hydrogens (tertiary/aromatic N) is 1. The molecule has 5 heteroatoms. The smallest absolute Gasteiger partial charge is 0.272 e. The normalized spacial score (nSPS) is 16.1. The average Bonchev–Trinajstić information content (AvgIpc) is 2.38. The van der Waals surface area contributed by atoms with Gasteiger partial charge in [-0.2, -0.15) is 0 Å². The predicted octanol–water partition coefficient (Wildman–Crippen LogP) is 2.05. The van der Waals surface area contributed by atoms with Crippen LogP contribution in [0.1, 0.15) is 5.56 Å². The van der Waals surface area contributed by atoms with Crippen LogP contribution in [0.4, 0.5) is 14.5 Å². The van der Waals surface area contributed by atoms with Crippen molar-refractivity contribution in [3.63, 3.8) is 0 Å². The van der Waals surface area contributed by atoms with Crippen LogP contribution in [0.2, 0.25) is 0 Å². The zero-order valence-corrected chi connectivity index (χ0v) is 10.5. The lowest BCUT2D eigenvalue weighted by Gasteiger charge is -2.29. The van der Waals surface area contributed by atoms with E-state index in [1.807, 2.05) is 19.1 Å². The number of piperazine rings is 1. The molecule has 1 aliphatic rings. The Morgan fingerprint density at radius 2 is 2.06 bits per heavy atom. The first-order valence-electron chi connectivity index (χ1n) is 6.14. The monoisotopic (exact) mass is 256 g/mol. The number of halogens is 2. The van der Waals surface area contributed by atoms with Gasteiger partial charge in [-0.1, -0.05) is 0 Å². The fourth-order valence-electron chi connectivity index (χ4n) is 2.07. The van der Waals surface area contributed by atoms with Gasteiger partial charge in [-0.3, -0.25) is 0 Å². The Balaban J connectivity index is 2.04. The first kappa shape index (κ1) is 13.1. The van der Waals surface area contributed by atoms with Gasteiger partial charge in [0.1, 0.15) is 12.4 Å². The molecule has 1 aliphatic heterocycles. The van der Waals surface area contributed by atoms with Crippen LogP contribution in [0, 0.1) is 6.92 Å². The van der Waals surface area contributed by atoms with Crippen molar-refractivity contribution in [2.75, 3.05) is 37.7 Å². The van der Waals surface area contributed by atoms with Gasteiger partial charge in [0.05, 0.1) is 0 Å². The van der Waals surface area contributed by atoms with E-state index in [4.69, 9.17) is 4.74 Å². The van der Waals surface area contributed by atoms with E-state index in [-0.39, 0.29) is 0 Å². The molecule has 0 bridgehead atoms. The van der Waals surface area contributed by atoms with Crippen LogP contribution in [0.15, 0.2) is 18.2 Å². The van der Waals surface area contributed by atoms with Gasteiger partial charge in [-0.15, -0.1) is 0 Å². The van der Waals surface area contributed by atoms with Crippen molar-refractivity contribution in [1.29, 1.82) is 0 Å². The minimum Gasteiger partial charge on any atom is -0.487 e. The number of hydrogen-bond donors (Lipinski definition) is 1. The zero-order valence-electron chi connectivity index (χ0n) is 10.5. The van der Waals surface area contributed by atoms with Crippen LogP contribution in [0.5, 0.6) is 5.75 Å². The molecule has 0 saturated carbocycles. The van der Waals surface area contributed by atoms with Crippen LogP contribution in [0.3, 0.4) is 0 Å². The second-order valence-corrected chi connectivity index (χ2v) is 4.39. The summed E-state index contributed by atoms with van der Waals surface area (Å²) in [5.41, 5.74) is 2.02. The summed E-state index contributed by atoms with van der Waals surface area (Å²) in [6, 6.07) is 5.69. The summed E-state index contributed by atoms with van der Waals surface area (Å²) in [4.78, 5) is 2.28. The largest absolute Gasteiger partial charge is 0.487 e. The molecule has 3 nitrogen and oxygen atoms in total. The van der Waals surface area contributed by atoms with Gasteiger partial charge in [-0.05, 0) is 30.7 Å². The van der Waals surface area contributed by atoms with Crippen LogP contribution >= 0.6 is 0 Å².